The van der Waals surface area contributed by atoms with Gasteiger partial charge in [0.05, 0.1) is 5.69 Å². The highest BCUT2D eigenvalue weighted by atomic mass is 14.8. The molecule has 0 fully saturated rings. The molecule has 2 heteroatoms. The second-order valence-electron chi connectivity index (χ2n) is 2.11. The number of benzene rings is 1. The number of hydrogen-bond acceptors (Lipinski definition) is 1. The van der Waals surface area contributed by atoms with Gasteiger partial charge in [-0.1, -0.05) is 30.9 Å². The summed E-state index contributed by atoms with van der Waals surface area (Å²) < 4.78 is 0. The fraction of sp³-hybridized carbons (Fsp3) is 0. The van der Waals surface area contributed by atoms with Crippen LogP contribution in [0.5, 0.6) is 0 Å². The first-order valence-electron chi connectivity index (χ1n) is 3.65. The molecule has 0 bridgehead atoms. The lowest BCUT2D eigenvalue weighted by molar-refractivity contribution is 1.52. The first-order chi connectivity index (χ1) is 5.93. The van der Waals surface area contributed by atoms with Gasteiger partial charge in [0.25, 0.3) is 0 Å². The third-order valence-corrected chi connectivity index (χ3v) is 1.22. The van der Waals surface area contributed by atoms with Gasteiger partial charge in [0.15, 0.2) is 0 Å². The Balaban J connectivity index is 2.58. The van der Waals surface area contributed by atoms with Crippen LogP contribution in [-0.4, -0.2) is 12.6 Å². The highest BCUT2D eigenvalue weighted by Crippen LogP contribution is 2.07. The van der Waals surface area contributed by atoms with Crippen molar-refractivity contribution >= 4 is 18.2 Å². The third kappa shape index (κ3) is 2.92. The van der Waals surface area contributed by atoms with Gasteiger partial charge in [-0.15, -0.1) is 0 Å². The summed E-state index contributed by atoms with van der Waals surface area (Å²) in [5.41, 5.74) is 0.902. The van der Waals surface area contributed by atoms with Crippen LogP contribution < -0.4 is 0 Å². The van der Waals surface area contributed by atoms with Gasteiger partial charge < -0.3 is 0 Å². The highest BCUT2D eigenvalue weighted by molar-refractivity contribution is 5.80. The molecule has 12 heavy (non-hydrogen) atoms. The van der Waals surface area contributed by atoms with Crippen LogP contribution in [0.25, 0.3) is 0 Å². The zero-order valence-corrected chi connectivity index (χ0v) is 6.72. The zero-order valence-electron chi connectivity index (χ0n) is 6.72. The Labute approximate surface area is 72.0 Å². The summed E-state index contributed by atoms with van der Waals surface area (Å²) in [6.07, 6.45) is 4.69. The van der Waals surface area contributed by atoms with Gasteiger partial charge in [0.1, 0.15) is 6.34 Å². The monoisotopic (exact) mass is 158 g/mol. The Hall–Kier alpha value is -1.70. The van der Waals surface area contributed by atoms with E-state index >= 15 is 0 Å². The minimum Gasteiger partial charge on any atom is -0.245 e. The van der Waals surface area contributed by atoms with Crippen LogP contribution in [0.2, 0.25) is 0 Å². The van der Waals surface area contributed by atoms with E-state index < -0.39 is 0 Å². The predicted molar refractivity (Wildman–Crippen MR) is 53.3 cm³/mol. The summed E-state index contributed by atoms with van der Waals surface area (Å²) >= 11 is 0. The van der Waals surface area contributed by atoms with Crippen LogP contribution in [0.1, 0.15) is 0 Å². The zero-order chi connectivity index (χ0) is 8.65. The van der Waals surface area contributed by atoms with Crippen LogP contribution in [0.15, 0.2) is 53.0 Å². The van der Waals surface area contributed by atoms with Crippen LogP contribution in [0.3, 0.4) is 0 Å². The normalized spacial score (nSPS) is 11.0. The molecule has 0 spiro atoms. The van der Waals surface area contributed by atoms with E-state index in [4.69, 9.17) is 0 Å². The van der Waals surface area contributed by atoms with E-state index in [2.05, 4.69) is 16.6 Å². The molecule has 0 aliphatic rings. The summed E-state index contributed by atoms with van der Waals surface area (Å²) in [4.78, 5) is 7.92. The molecule has 0 aliphatic carbocycles. The van der Waals surface area contributed by atoms with Gasteiger partial charge >= 0.3 is 0 Å². The lowest BCUT2D eigenvalue weighted by atomic mass is 10.3. The van der Waals surface area contributed by atoms with Crippen LogP contribution in [0.4, 0.5) is 5.69 Å². The number of aliphatic imine (C=N–C) groups is 2. The maximum Gasteiger partial charge on any atom is 0.115 e. The first-order valence-corrected chi connectivity index (χ1v) is 3.65. The summed E-state index contributed by atoms with van der Waals surface area (Å²) in [5.74, 6) is 0. The highest BCUT2D eigenvalue weighted by Gasteiger charge is 1.80. The molecule has 0 unspecified atom stereocenters. The Bertz CT molecular complexity index is 286. The van der Waals surface area contributed by atoms with E-state index in [1.165, 1.54) is 6.34 Å². The molecule has 1 aromatic rings. The van der Waals surface area contributed by atoms with Gasteiger partial charge in [0, 0.05) is 6.21 Å². The minimum absolute atomic E-state index is 0.902. The molecule has 0 heterocycles. The van der Waals surface area contributed by atoms with E-state index in [1.54, 1.807) is 12.3 Å². The van der Waals surface area contributed by atoms with E-state index in [0.717, 1.165) is 5.69 Å². The minimum atomic E-state index is 0.902. The molecule has 1 rings (SSSR count). The Morgan fingerprint density at radius 2 is 1.92 bits per heavy atom. The van der Waals surface area contributed by atoms with Crippen molar-refractivity contribution in [3.63, 3.8) is 0 Å². The molecule has 0 aromatic heterocycles. The van der Waals surface area contributed by atoms with Gasteiger partial charge in [-0.2, -0.15) is 0 Å². The Kier molecular flexibility index (Phi) is 3.51. The summed E-state index contributed by atoms with van der Waals surface area (Å²) in [7, 11) is 0. The van der Waals surface area contributed by atoms with Crippen molar-refractivity contribution in [3.05, 3.63) is 43.0 Å². The van der Waals surface area contributed by atoms with Crippen LogP contribution >= 0.6 is 0 Å². The van der Waals surface area contributed by atoms with Crippen molar-refractivity contribution < 1.29 is 0 Å². The fourth-order valence-electron chi connectivity index (χ4n) is 0.713. The molecule has 0 amide bonds. The number of allylic oxidation sites excluding steroid dienone is 1. The molecular formula is C10H10N2. The van der Waals surface area contributed by atoms with E-state index in [1.807, 2.05) is 30.3 Å². The van der Waals surface area contributed by atoms with Crippen LogP contribution in [0, 0.1) is 0 Å². The maximum absolute atomic E-state index is 4.07. The molecule has 60 valence electrons. The summed E-state index contributed by atoms with van der Waals surface area (Å²) in [6, 6.07) is 9.65. The molecule has 0 saturated carbocycles. The lowest BCUT2D eigenvalue weighted by Gasteiger charge is -1.87. The smallest absolute Gasteiger partial charge is 0.115 e. The van der Waals surface area contributed by atoms with Crippen molar-refractivity contribution in [1.29, 1.82) is 0 Å². The van der Waals surface area contributed by atoms with Crippen molar-refractivity contribution in [1.82, 2.24) is 0 Å². The maximum atomic E-state index is 4.07. The average molecular weight is 158 g/mol. The number of hydrogen-bond donors (Lipinski definition) is 0. The number of rotatable bonds is 3. The quantitative estimate of drug-likeness (QED) is 0.477. The SMILES string of the molecule is C=CC=NC=Nc1ccccc1. The van der Waals surface area contributed by atoms with Gasteiger partial charge in [-0.05, 0) is 12.1 Å². The second-order valence-corrected chi connectivity index (χ2v) is 2.11. The molecule has 0 saturated heterocycles. The lowest BCUT2D eigenvalue weighted by Crippen LogP contribution is -1.67. The Morgan fingerprint density at radius 1 is 1.17 bits per heavy atom. The van der Waals surface area contributed by atoms with Crippen molar-refractivity contribution in [3.8, 4) is 0 Å². The molecule has 1 aromatic carbocycles. The van der Waals surface area contributed by atoms with Gasteiger partial charge in [-0.25, -0.2) is 9.98 Å². The predicted octanol–water partition coefficient (Wildman–Crippen LogP) is 2.60. The van der Waals surface area contributed by atoms with E-state index in [0.29, 0.717) is 0 Å². The summed E-state index contributed by atoms with van der Waals surface area (Å²) in [6.45, 7) is 3.49. The van der Waals surface area contributed by atoms with E-state index in [-0.39, 0.29) is 0 Å². The summed E-state index contributed by atoms with van der Waals surface area (Å²) in [5, 5.41) is 0. The van der Waals surface area contributed by atoms with Crippen molar-refractivity contribution in [2.75, 3.05) is 0 Å². The molecular weight excluding hydrogens is 148 g/mol. The number of para-hydroxylation sites is 1. The molecule has 0 N–H and O–H groups in total. The molecule has 0 aliphatic heterocycles. The van der Waals surface area contributed by atoms with Gasteiger partial charge in [0.2, 0.25) is 0 Å². The fourth-order valence-corrected chi connectivity index (χ4v) is 0.713. The first kappa shape index (κ1) is 8.40. The third-order valence-electron chi connectivity index (χ3n) is 1.22. The van der Waals surface area contributed by atoms with E-state index in [9.17, 15) is 0 Å². The number of nitrogens with zero attached hydrogens (tertiary/aromatic N) is 2. The van der Waals surface area contributed by atoms with Gasteiger partial charge in [-0.3, -0.25) is 0 Å². The topological polar surface area (TPSA) is 24.7 Å². The van der Waals surface area contributed by atoms with Crippen LogP contribution in [-0.2, 0) is 0 Å². The average Bonchev–Trinajstić information content (AvgIpc) is 2.14. The van der Waals surface area contributed by atoms with Crippen molar-refractivity contribution in [2.45, 2.75) is 0 Å². The largest absolute Gasteiger partial charge is 0.245 e. The second kappa shape index (κ2) is 5.02. The Morgan fingerprint density at radius 3 is 2.58 bits per heavy atom. The molecule has 0 atom stereocenters. The van der Waals surface area contributed by atoms with Crippen molar-refractivity contribution in [2.24, 2.45) is 9.98 Å². The standard InChI is InChI=1S/C10H10N2/c1-2-8-11-9-12-10-6-4-3-5-7-10/h2-9H,1H2. The molecule has 0 radical (unpaired) electrons. The molecule has 2 nitrogen and oxygen atoms in total.